The van der Waals surface area contributed by atoms with Gasteiger partial charge < -0.3 is 64.5 Å². The lowest BCUT2D eigenvalue weighted by Gasteiger charge is -2.38. The van der Waals surface area contributed by atoms with Crippen LogP contribution in [0.3, 0.4) is 0 Å². The molecule has 0 aromatic carbocycles. The van der Waals surface area contributed by atoms with Gasteiger partial charge in [-0.05, 0) is 73.5 Å². The number of rotatable bonds is 2. The average molecular weight is 757 g/mol. The summed E-state index contributed by atoms with van der Waals surface area (Å²) in [5.41, 5.74) is -1.53. The summed E-state index contributed by atoms with van der Waals surface area (Å²) < 4.78 is 26.3. The zero-order valence-electron chi connectivity index (χ0n) is 35.2. The van der Waals surface area contributed by atoms with Crippen LogP contribution in [0.4, 0.5) is 0 Å². The van der Waals surface area contributed by atoms with Gasteiger partial charge in [0.05, 0.1) is 35.9 Å². The van der Waals surface area contributed by atoms with Gasteiger partial charge >= 0.3 is 5.97 Å². The van der Waals surface area contributed by atoms with Crippen molar-refractivity contribution in [1.82, 2.24) is 10.2 Å². The minimum absolute atomic E-state index is 0.01000. The zero-order chi connectivity index (χ0) is 41.0. The number of likely N-dealkylation sites (N-methyl/N-ethyl adjacent to an activating group) is 1. The normalized spacial score (nSPS) is 40.8. The molecule has 314 valence electrons. The van der Waals surface area contributed by atoms with Crippen LogP contribution < -0.4 is 5.32 Å². The van der Waals surface area contributed by atoms with Gasteiger partial charge in [-0.15, -0.1) is 0 Å². The van der Waals surface area contributed by atoms with E-state index in [-0.39, 0.29) is 49.4 Å². The lowest BCUT2D eigenvalue weighted by Crippen LogP contribution is -2.53. The third-order valence-electron chi connectivity index (χ3n) is 9.37. The first-order valence-corrected chi connectivity index (χ1v) is 19.4. The Balaban J connectivity index is 0. The molecule has 2 bridgehead atoms. The van der Waals surface area contributed by atoms with Gasteiger partial charge in [-0.3, -0.25) is 4.79 Å². The molecule has 0 spiro atoms. The quantitative estimate of drug-likeness (QED) is 0.203. The molecule has 0 aromatic heterocycles. The van der Waals surface area contributed by atoms with E-state index < -0.39 is 48.2 Å². The maximum absolute atomic E-state index is 12.0. The smallest absolute Gasteiger partial charge is 0.308 e. The van der Waals surface area contributed by atoms with E-state index in [1.165, 1.54) is 7.11 Å². The molecule has 0 radical (unpaired) electrons. The molecular weight excluding hydrogens is 676 g/mol. The van der Waals surface area contributed by atoms with Gasteiger partial charge in [-0.25, -0.2) is 0 Å². The monoisotopic (exact) mass is 757 g/mol. The first-order valence-electron chi connectivity index (χ1n) is 19.4. The molecule has 9 unspecified atom stereocenters. The van der Waals surface area contributed by atoms with Crippen LogP contribution in [-0.2, 0) is 28.5 Å². The van der Waals surface area contributed by atoms with Crippen LogP contribution in [0.1, 0.15) is 115 Å². The van der Waals surface area contributed by atoms with Crippen molar-refractivity contribution in [3.05, 3.63) is 0 Å². The maximum Gasteiger partial charge on any atom is 0.308 e. The molecule has 0 aliphatic carbocycles. The summed E-state index contributed by atoms with van der Waals surface area (Å²) >= 11 is 0. The van der Waals surface area contributed by atoms with E-state index in [1.54, 1.807) is 13.8 Å². The molecule has 4 aliphatic heterocycles. The molecule has 4 rings (SSSR count). The van der Waals surface area contributed by atoms with Gasteiger partial charge in [0.15, 0.2) is 12.6 Å². The minimum atomic E-state index is -1.04. The fraction of sp³-hybridized carbons (Fsp3) is 0.974. The molecule has 0 amide bonds. The van der Waals surface area contributed by atoms with E-state index in [1.807, 2.05) is 81.3 Å². The van der Waals surface area contributed by atoms with Gasteiger partial charge in [-0.1, -0.05) is 55.4 Å². The van der Waals surface area contributed by atoms with Crippen LogP contribution in [-0.4, -0.2) is 155 Å². The molecule has 14 nitrogen and oxygen atoms in total. The standard InChI is InChI=1S/C17H31NO5.C8H17NO3.C7H14O4.3C2H6/c1-10-6-17(4,21)7-13-5-11(2)16(20)22-9-14(19)15(23-13)12(3)18-8-10;1-5-4-6(9(2)3)7(10)8(11)12-5;1-7(10-2)3-6(9)11-4-5(7)8;3*1-2/h10-15,18-19,21H,5-9H2,1-4H3;5-8,10-11H,4H2,1-3H3;5-6,8-9H,3-4H2,1-2H3;3*1-2H3/t10-,11?,12?,13+,14?,15?,17-;5?,6?,7-,8?;5?,6?,7-;;;/m111.../s1. The van der Waals surface area contributed by atoms with Gasteiger partial charge in [0.2, 0.25) is 0 Å². The number of cyclic esters (lactones) is 1. The molecule has 52 heavy (non-hydrogen) atoms. The predicted octanol–water partition coefficient (Wildman–Crippen LogP) is 2.82. The Bertz CT molecular complexity index is 915. The van der Waals surface area contributed by atoms with Crippen molar-refractivity contribution in [2.45, 2.75) is 188 Å². The SMILES string of the molecule is CC.CC.CC.CC1CC(N(C)C)[C@@H](O)C(O)O1.CC1C[C@H]2C[C@](C)(O)C[C@@H](C)CNC(C)C(O2)C(O)COC1=O.CO[C@]1(C)CC(O)OCC1O. The van der Waals surface area contributed by atoms with Gasteiger partial charge in [0.1, 0.15) is 31.0 Å². The predicted molar refractivity (Wildman–Crippen MR) is 203 cm³/mol. The van der Waals surface area contributed by atoms with Crippen molar-refractivity contribution in [2.75, 3.05) is 41.0 Å². The molecule has 0 aromatic rings. The van der Waals surface area contributed by atoms with Crippen LogP contribution in [0.2, 0.25) is 0 Å². The number of esters is 1. The Kier molecular flexibility index (Phi) is 27.3. The maximum atomic E-state index is 12.0. The molecule has 14 atom stereocenters. The summed E-state index contributed by atoms with van der Waals surface area (Å²) in [5.74, 6) is -0.323. The highest BCUT2D eigenvalue weighted by molar-refractivity contribution is 5.72. The largest absolute Gasteiger partial charge is 0.463 e. The van der Waals surface area contributed by atoms with Gasteiger partial charge in [0, 0.05) is 32.0 Å². The highest BCUT2D eigenvalue weighted by atomic mass is 16.6. The zero-order valence-corrected chi connectivity index (χ0v) is 35.2. The number of aliphatic hydroxyl groups excluding tert-OH is 5. The number of ether oxygens (including phenoxy) is 5. The number of hydrogen-bond donors (Lipinski definition) is 7. The second-order valence-corrected chi connectivity index (χ2v) is 14.4. The fourth-order valence-corrected chi connectivity index (χ4v) is 6.45. The van der Waals surface area contributed by atoms with Crippen LogP contribution in [0.5, 0.6) is 0 Å². The van der Waals surface area contributed by atoms with Crippen LogP contribution in [0.15, 0.2) is 0 Å². The number of fused-ring (bicyclic) bond motifs is 2. The van der Waals surface area contributed by atoms with Crippen molar-refractivity contribution in [1.29, 1.82) is 0 Å². The highest BCUT2D eigenvalue weighted by Gasteiger charge is 2.41. The lowest BCUT2D eigenvalue weighted by atomic mass is 9.85. The minimum Gasteiger partial charge on any atom is -0.463 e. The highest BCUT2D eigenvalue weighted by Crippen LogP contribution is 2.30. The average Bonchev–Trinajstić information content (AvgIpc) is 3.14. The number of hydrogen-bond acceptors (Lipinski definition) is 14. The second-order valence-electron chi connectivity index (χ2n) is 14.4. The van der Waals surface area contributed by atoms with Gasteiger partial charge in [-0.2, -0.15) is 0 Å². The van der Waals surface area contributed by atoms with E-state index in [0.29, 0.717) is 31.6 Å². The summed E-state index contributed by atoms with van der Waals surface area (Å²) in [7, 11) is 5.29. The van der Waals surface area contributed by atoms with E-state index >= 15 is 0 Å². The van der Waals surface area contributed by atoms with Crippen molar-refractivity contribution >= 4 is 5.97 Å². The summed E-state index contributed by atoms with van der Waals surface area (Å²) in [6, 6.07) is -0.0751. The summed E-state index contributed by atoms with van der Waals surface area (Å²) in [6.45, 7) is 24.2. The van der Waals surface area contributed by atoms with E-state index in [4.69, 9.17) is 28.8 Å². The number of nitrogens with zero attached hydrogens (tertiary/aromatic N) is 1. The summed E-state index contributed by atoms with van der Waals surface area (Å²) in [4.78, 5) is 13.9. The molecule has 0 saturated carbocycles. The molecule has 4 aliphatic rings. The summed E-state index contributed by atoms with van der Waals surface area (Å²) in [6.07, 6.45) is -2.28. The van der Waals surface area contributed by atoms with Crippen LogP contribution in [0, 0.1) is 11.8 Å². The third kappa shape index (κ3) is 18.5. The Morgan fingerprint density at radius 3 is 1.94 bits per heavy atom. The van der Waals surface area contributed by atoms with Crippen LogP contribution >= 0.6 is 0 Å². The number of carbonyl (C=O) groups excluding carboxylic acids is 1. The van der Waals surface area contributed by atoms with Gasteiger partial charge in [0.25, 0.3) is 0 Å². The lowest BCUT2D eigenvalue weighted by molar-refractivity contribution is -0.235. The second kappa shape index (κ2) is 26.7. The topological polar surface area (TPSA) is 200 Å². The van der Waals surface area contributed by atoms with Crippen molar-refractivity contribution < 1.29 is 59.1 Å². The molecule has 7 N–H and O–H groups in total. The Labute approximate surface area is 315 Å². The number of nitrogens with one attached hydrogen (secondary N) is 1. The molecule has 4 saturated heterocycles. The van der Waals surface area contributed by atoms with E-state index in [0.717, 1.165) is 13.0 Å². The first kappa shape index (κ1) is 53.1. The Hall–Kier alpha value is -1.01. The Morgan fingerprint density at radius 1 is 0.846 bits per heavy atom. The summed E-state index contributed by atoms with van der Waals surface area (Å²) in [5, 5.41) is 61.7. The molecule has 14 heteroatoms. The van der Waals surface area contributed by atoms with Crippen molar-refractivity contribution in [2.24, 2.45) is 11.8 Å². The first-order chi connectivity index (χ1) is 24.3. The third-order valence-corrected chi connectivity index (χ3v) is 9.37. The molecule has 4 fully saturated rings. The molecular formula is C38H80N2O12. The molecule has 4 heterocycles. The van der Waals surface area contributed by atoms with E-state index in [2.05, 4.69) is 12.2 Å². The van der Waals surface area contributed by atoms with Crippen molar-refractivity contribution in [3.63, 3.8) is 0 Å². The fourth-order valence-electron chi connectivity index (χ4n) is 6.45. The van der Waals surface area contributed by atoms with Crippen LogP contribution in [0.25, 0.3) is 0 Å². The van der Waals surface area contributed by atoms with E-state index in [9.17, 15) is 30.3 Å². The Morgan fingerprint density at radius 2 is 1.42 bits per heavy atom. The number of methoxy groups -OCH3 is 1. The van der Waals surface area contributed by atoms with Crippen molar-refractivity contribution in [3.8, 4) is 0 Å². The number of carbonyl (C=O) groups is 1. The number of aliphatic hydroxyl groups is 6.